The first-order valence-corrected chi connectivity index (χ1v) is 6.59. The van der Waals surface area contributed by atoms with E-state index in [0.29, 0.717) is 0 Å². The fourth-order valence-corrected chi connectivity index (χ4v) is 2.22. The Hall–Kier alpha value is -0.120. The molecular formula is C13H25NO2. The zero-order valence-electron chi connectivity index (χ0n) is 10.4. The number of rotatable bonds is 8. The highest BCUT2D eigenvalue weighted by atomic mass is 16.3. The van der Waals surface area contributed by atoms with Crippen LogP contribution in [0, 0.1) is 17.3 Å². The van der Waals surface area contributed by atoms with Crippen LogP contribution in [0.5, 0.6) is 0 Å². The van der Waals surface area contributed by atoms with Crippen LogP contribution in [0.1, 0.15) is 32.6 Å². The van der Waals surface area contributed by atoms with Crippen molar-refractivity contribution >= 4 is 0 Å². The van der Waals surface area contributed by atoms with Crippen LogP contribution in [0.4, 0.5) is 0 Å². The molecule has 16 heavy (non-hydrogen) atoms. The number of hydrogen-bond acceptors (Lipinski definition) is 3. The molecule has 0 amide bonds. The van der Waals surface area contributed by atoms with Crippen LogP contribution in [0.15, 0.2) is 0 Å². The molecule has 2 aliphatic rings. The molecule has 2 rings (SSSR count). The van der Waals surface area contributed by atoms with Crippen LogP contribution in [-0.2, 0) is 0 Å². The predicted octanol–water partition coefficient (Wildman–Crippen LogP) is 1.10. The van der Waals surface area contributed by atoms with Crippen molar-refractivity contribution in [1.82, 2.24) is 4.90 Å². The van der Waals surface area contributed by atoms with E-state index in [-0.39, 0.29) is 18.6 Å². The lowest BCUT2D eigenvalue weighted by atomic mass is 9.92. The van der Waals surface area contributed by atoms with Gasteiger partial charge in [0.2, 0.25) is 0 Å². The summed E-state index contributed by atoms with van der Waals surface area (Å²) in [6, 6.07) is 0. The van der Waals surface area contributed by atoms with Crippen molar-refractivity contribution in [1.29, 1.82) is 0 Å². The lowest BCUT2D eigenvalue weighted by Gasteiger charge is -2.33. The minimum atomic E-state index is -0.330. The van der Waals surface area contributed by atoms with E-state index in [1.807, 2.05) is 6.92 Å². The van der Waals surface area contributed by atoms with Gasteiger partial charge in [-0.25, -0.2) is 0 Å². The third-order valence-corrected chi connectivity index (χ3v) is 3.80. The maximum absolute atomic E-state index is 9.35. The fraction of sp³-hybridized carbons (Fsp3) is 1.00. The van der Waals surface area contributed by atoms with E-state index in [1.165, 1.54) is 38.8 Å². The van der Waals surface area contributed by atoms with Gasteiger partial charge in [-0.2, -0.15) is 0 Å². The molecule has 94 valence electrons. The SMILES string of the molecule is CC(CO)(CO)CN(CC1CC1)CC1CC1. The van der Waals surface area contributed by atoms with E-state index in [4.69, 9.17) is 0 Å². The summed E-state index contributed by atoms with van der Waals surface area (Å²) in [5.74, 6) is 1.78. The highest BCUT2D eigenvalue weighted by Gasteiger charge is 2.33. The minimum absolute atomic E-state index is 0.0787. The molecule has 0 saturated heterocycles. The second kappa shape index (κ2) is 5.03. The Labute approximate surface area is 98.5 Å². The first-order chi connectivity index (χ1) is 7.65. The molecule has 0 spiro atoms. The molecule has 2 saturated carbocycles. The van der Waals surface area contributed by atoms with Gasteiger partial charge in [-0.05, 0) is 37.5 Å². The Balaban J connectivity index is 1.83. The number of nitrogens with zero attached hydrogens (tertiary/aromatic N) is 1. The van der Waals surface area contributed by atoms with Crippen molar-refractivity contribution in [3.05, 3.63) is 0 Å². The summed E-state index contributed by atoms with van der Waals surface area (Å²) in [6.45, 7) is 5.32. The quantitative estimate of drug-likeness (QED) is 0.652. The van der Waals surface area contributed by atoms with E-state index < -0.39 is 0 Å². The molecule has 2 aliphatic carbocycles. The first-order valence-electron chi connectivity index (χ1n) is 6.59. The second-order valence-electron chi connectivity index (χ2n) is 6.21. The van der Waals surface area contributed by atoms with Gasteiger partial charge in [-0.1, -0.05) is 6.92 Å². The maximum Gasteiger partial charge on any atom is 0.0519 e. The van der Waals surface area contributed by atoms with Crippen LogP contribution < -0.4 is 0 Å². The zero-order chi connectivity index (χ0) is 11.6. The van der Waals surface area contributed by atoms with Gasteiger partial charge in [0, 0.05) is 25.0 Å². The highest BCUT2D eigenvalue weighted by molar-refractivity contribution is 4.86. The molecule has 0 aliphatic heterocycles. The second-order valence-corrected chi connectivity index (χ2v) is 6.21. The van der Waals surface area contributed by atoms with Crippen molar-refractivity contribution in [2.24, 2.45) is 17.3 Å². The molecule has 0 aromatic carbocycles. The number of hydrogen-bond donors (Lipinski definition) is 2. The van der Waals surface area contributed by atoms with Gasteiger partial charge in [0.15, 0.2) is 0 Å². The van der Waals surface area contributed by atoms with Gasteiger partial charge in [-0.15, -0.1) is 0 Å². The van der Waals surface area contributed by atoms with E-state index in [2.05, 4.69) is 4.90 Å². The van der Waals surface area contributed by atoms with Crippen molar-refractivity contribution in [3.8, 4) is 0 Å². The maximum atomic E-state index is 9.35. The topological polar surface area (TPSA) is 43.7 Å². The molecule has 0 atom stereocenters. The Bertz CT molecular complexity index is 206. The molecule has 0 aromatic heterocycles. The Morgan fingerprint density at radius 3 is 1.75 bits per heavy atom. The van der Waals surface area contributed by atoms with E-state index in [0.717, 1.165) is 18.4 Å². The summed E-state index contributed by atoms with van der Waals surface area (Å²) in [5, 5.41) is 18.7. The van der Waals surface area contributed by atoms with Crippen LogP contribution in [0.25, 0.3) is 0 Å². The van der Waals surface area contributed by atoms with Crippen molar-refractivity contribution in [3.63, 3.8) is 0 Å². The van der Waals surface area contributed by atoms with Crippen molar-refractivity contribution in [2.45, 2.75) is 32.6 Å². The lowest BCUT2D eigenvalue weighted by Crippen LogP contribution is -2.42. The molecule has 3 heteroatoms. The molecular weight excluding hydrogens is 202 g/mol. The van der Waals surface area contributed by atoms with Crippen LogP contribution in [-0.4, -0.2) is 48.0 Å². The monoisotopic (exact) mass is 227 g/mol. The average Bonchev–Trinajstić information content (AvgIpc) is 3.13. The molecule has 3 nitrogen and oxygen atoms in total. The third kappa shape index (κ3) is 3.72. The standard InChI is InChI=1S/C13H25NO2/c1-13(9-15,10-16)8-14(6-11-2-3-11)7-12-4-5-12/h11-12,15-16H,2-10H2,1H3. The molecule has 0 bridgehead atoms. The molecule has 2 fully saturated rings. The largest absolute Gasteiger partial charge is 0.396 e. The summed E-state index contributed by atoms with van der Waals surface area (Å²) < 4.78 is 0. The summed E-state index contributed by atoms with van der Waals surface area (Å²) in [6.07, 6.45) is 5.48. The molecule has 0 aromatic rings. The van der Waals surface area contributed by atoms with E-state index in [1.54, 1.807) is 0 Å². The average molecular weight is 227 g/mol. The van der Waals surface area contributed by atoms with Crippen LogP contribution in [0.2, 0.25) is 0 Å². The fourth-order valence-electron chi connectivity index (χ4n) is 2.22. The van der Waals surface area contributed by atoms with Crippen molar-refractivity contribution < 1.29 is 10.2 Å². The Morgan fingerprint density at radius 1 is 1.00 bits per heavy atom. The smallest absolute Gasteiger partial charge is 0.0519 e. The van der Waals surface area contributed by atoms with Gasteiger partial charge in [-0.3, -0.25) is 0 Å². The van der Waals surface area contributed by atoms with E-state index >= 15 is 0 Å². The molecule has 0 radical (unpaired) electrons. The number of aliphatic hydroxyl groups is 2. The summed E-state index contributed by atoms with van der Waals surface area (Å²) in [5.41, 5.74) is -0.330. The molecule has 0 heterocycles. The summed E-state index contributed by atoms with van der Waals surface area (Å²) in [4.78, 5) is 2.47. The normalized spacial score (nSPS) is 21.8. The Kier molecular flexibility index (Phi) is 3.88. The Morgan fingerprint density at radius 2 is 1.44 bits per heavy atom. The van der Waals surface area contributed by atoms with Crippen LogP contribution >= 0.6 is 0 Å². The van der Waals surface area contributed by atoms with Gasteiger partial charge < -0.3 is 15.1 Å². The highest BCUT2D eigenvalue weighted by Crippen LogP contribution is 2.34. The predicted molar refractivity (Wildman–Crippen MR) is 64.2 cm³/mol. The van der Waals surface area contributed by atoms with Gasteiger partial charge in [0.05, 0.1) is 13.2 Å². The summed E-state index contributed by atoms with van der Waals surface area (Å²) in [7, 11) is 0. The zero-order valence-corrected chi connectivity index (χ0v) is 10.4. The third-order valence-electron chi connectivity index (χ3n) is 3.80. The minimum Gasteiger partial charge on any atom is -0.396 e. The van der Waals surface area contributed by atoms with Gasteiger partial charge in [0.1, 0.15) is 0 Å². The van der Waals surface area contributed by atoms with E-state index in [9.17, 15) is 10.2 Å². The molecule has 2 N–H and O–H groups in total. The van der Waals surface area contributed by atoms with Gasteiger partial charge in [0.25, 0.3) is 0 Å². The first kappa shape index (κ1) is 12.3. The summed E-state index contributed by atoms with van der Waals surface area (Å²) >= 11 is 0. The number of aliphatic hydroxyl groups excluding tert-OH is 2. The van der Waals surface area contributed by atoms with Crippen LogP contribution in [0.3, 0.4) is 0 Å². The van der Waals surface area contributed by atoms with Crippen molar-refractivity contribution in [2.75, 3.05) is 32.8 Å². The lowest BCUT2D eigenvalue weighted by molar-refractivity contribution is 0.0324. The van der Waals surface area contributed by atoms with Gasteiger partial charge >= 0.3 is 0 Å². The molecule has 0 unspecified atom stereocenters.